The predicted molar refractivity (Wildman–Crippen MR) is 91.7 cm³/mol. The van der Waals surface area contributed by atoms with Gasteiger partial charge in [-0.15, -0.1) is 0 Å². The predicted octanol–water partition coefficient (Wildman–Crippen LogP) is 3.27. The molecule has 0 bridgehead atoms. The van der Waals surface area contributed by atoms with E-state index in [2.05, 4.69) is 0 Å². The van der Waals surface area contributed by atoms with E-state index < -0.39 is 5.97 Å². The molecule has 6 heteroatoms. The van der Waals surface area contributed by atoms with Gasteiger partial charge < -0.3 is 18.9 Å². The molecule has 0 radical (unpaired) electrons. The number of ether oxygens (including phenoxy) is 4. The second-order valence-electron chi connectivity index (χ2n) is 5.06. The van der Waals surface area contributed by atoms with Gasteiger partial charge in [0.1, 0.15) is 18.6 Å². The van der Waals surface area contributed by atoms with Gasteiger partial charge in [-0.1, -0.05) is 0 Å². The lowest BCUT2D eigenvalue weighted by Crippen LogP contribution is -2.06. The Kier molecular flexibility index (Phi) is 6.39. The van der Waals surface area contributed by atoms with Crippen LogP contribution in [0.15, 0.2) is 36.4 Å². The second kappa shape index (κ2) is 8.73. The molecule has 0 saturated carbocycles. The second-order valence-corrected chi connectivity index (χ2v) is 5.06. The Labute approximate surface area is 146 Å². The van der Waals surface area contributed by atoms with E-state index in [-0.39, 0.29) is 6.61 Å². The van der Waals surface area contributed by atoms with E-state index in [1.807, 2.05) is 0 Å². The molecule has 0 saturated heterocycles. The van der Waals surface area contributed by atoms with E-state index in [9.17, 15) is 9.59 Å². The Morgan fingerprint density at radius 1 is 1.00 bits per heavy atom. The monoisotopic (exact) mass is 344 g/mol. The number of carbonyl (C=O) groups is 2. The summed E-state index contributed by atoms with van der Waals surface area (Å²) in [6.45, 7) is 2.22. The van der Waals surface area contributed by atoms with Gasteiger partial charge >= 0.3 is 5.97 Å². The van der Waals surface area contributed by atoms with Crippen LogP contribution < -0.4 is 14.2 Å². The lowest BCUT2D eigenvalue weighted by Gasteiger charge is -2.14. The number of benzene rings is 2. The fraction of sp³-hybridized carbons (Fsp3) is 0.263. The Hall–Kier alpha value is -3.02. The van der Waals surface area contributed by atoms with Gasteiger partial charge in [0.2, 0.25) is 0 Å². The minimum atomic E-state index is -0.423. The maximum Gasteiger partial charge on any atom is 0.338 e. The average molecular weight is 344 g/mol. The zero-order valence-corrected chi connectivity index (χ0v) is 14.4. The first-order chi connectivity index (χ1) is 12.1. The maximum absolute atomic E-state index is 11.8. The first kappa shape index (κ1) is 18.3. The van der Waals surface area contributed by atoms with E-state index in [0.717, 1.165) is 11.8 Å². The molecule has 2 aromatic rings. The highest BCUT2D eigenvalue weighted by Crippen LogP contribution is 2.30. The number of rotatable bonds is 8. The minimum Gasteiger partial charge on any atom is -0.496 e. The van der Waals surface area contributed by atoms with Gasteiger partial charge in [0, 0.05) is 11.1 Å². The lowest BCUT2D eigenvalue weighted by molar-refractivity contribution is 0.0525. The molecule has 0 atom stereocenters. The van der Waals surface area contributed by atoms with Crippen molar-refractivity contribution in [2.45, 2.75) is 13.5 Å². The van der Waals surface area contributed by atoms with Gasteiger partial charge in [-0.3, -0.25) is 4.79 Å². The smallest absolute Gasteiger partial charge is 0.338 e. The summed E-state index contributed by atoms with van der Waals surface area (Å²) in [6, 6.07) is 9.89. The van der Waals surface area contributed by atoms with Gasteiger partial charge in [-0.25, -0.2) is 4.79 Å². The molecule has 0 unspecified atom stereocenters. The van der Waals surface area contributed by atoms with Crippen LogP contribution in [0.4, 0.5) is 0 Å². The van der Waals surface area contributed by atoms with Gasteiger partial charge in [0.05, 0.1) is 26.4 Å². The molecule has 0 aliphatic carbocycles. The van der Waals surface area contributed by atoms with Crippen molar-refractivity contribution < 1.29 is 28.5 Å². The maximum atomic E-state index is 11.8. The summed E-state index contributed by atoms with van der Waals surface area (Å²) >= 11 is 0. The minimum absolute atomic E-state index is 0.181. The van der Waals surface area contributed by atoms with Crippen molar-refractivity contribution in [1.29, 1.82) is 0 Å². The lowest BCUT2D eigenvalue weighted by atomic mass is 10.1. The van der Waals surface area contributed by atoms with Crippen molar-refractivity contribution in [1.82, 2.24) is 0 Å². The molecule has 0 aliphatic heterocycles. The summed E-state index contributed by atoms with van der Waals surface area (Å²) in [6.07, 6.45) is 0.762. The Morgan fingerprint density at radius 3 is 2.36 bits per heavy atom. The molecule has 2 rings (SSSR count). The third-order valence-electron chi connectivity index (χ3n) is 3.50. The van der Waals surface area contributed by atoms with Crippen molar-refractivity contribution in [3.05, 3.63) is 53.1 Å². The number of hydrogen-bond acceptors (Lipinski definition) is 6. The van der Waals surface area contributed by atoms with Crippen molar-refractivity contribution in [3.63, 3.8) is 0 Å². The number of aldehydes is 1. The molecule has 2 aromatic carbocycles. The van der Waals surface area contributed by atoms with Gasteiger partial charge in [0.15, 0.2) is 11.5 Å². The van der Waals surface area contributed by atoms with Crippen LogP contribution in [0.2, 0.25) is 0 Å². The van der Waals surface area contributed by atoms with Crippen LogP contribution in [-0.2, 0) is 11.3 Å². The number of carbonyl (C=O) groups excluding carboxylic acids is 2. The molecule has 0 aliphatic rings. The molecular formula is C19H20O6. The summed E-state index contributed by atoms with van der Waals surface area (Å²) < 4.78 is 21.3. The highest BCUT2D eigenvalue weighted by atomic mass is 16.5. The van der Waals surface area contributed by atoms with Crippen LogP contribution in [0.1, 0.15) is 33.2 Å². The third-order valence-corrected chi connectivity index (χ3v) is 3.50. The standard InChI is InChI=1S/C19H20O6/c1-4-24-19(21)14-6-8-17(18(10-14)23-3)25-12-15-9-13(11-20)5-7-16(15)22-2/h5-11H,4,12H2,1-3H3. The summed E-state index contributed by atoms with van der Waals surface area (Å²) in [5.41, 5.74) is 1.64. The van der Waals surface area contributed by atoms with Crippen LogP contribution in [0.25, 0.3) is 0 Å². The molecule has 0 heterocycles. The largest absolute Gasteiger partial charge is 0.496 e. The number of hydrogen-bond donors (Lipinski definition) is 0. The highest BCUT2D eigenvalue weighted by Gasteiger charge is 2.13. The van der Waals surface area contributed by atoms with Gasteiger partial charge in [-0.05, 0) is 43.3 Å². The van der Waals surface area contributed by atoms with Crippen LogP contribution >= 0.6 is 0 Å². The molecule has 132 valence electrons. The average Bonchev–Trinajstić information content (AvgIpc) is 2.66. The topological polar surface area (TPSA) is 71.1 Å². The van der Waals surface area contributed by atoms with Crippen molar-refractivity contribution >= 4 is 12.3 Å². The summed E-state index contributed by atoms with van der Waals surface area (Å²) in [4.78, 5) is 22.7. The normalized spacial score (nSPS) is 10.0. The van der Waals surface area contributed by atoms with E-state index in [1.165, 1.54) is 7.11 Å². The van der Waals surface area contributed by atoms with Crippen LogP contribution in [0.5, 0.6) is 17.2 Å². The first-order valence-corrected chi connectivity index (χ1v) is 7.73. The summed E-state index contributed by atoms with van der Waals surface area (Å²) in [5, 5.41) is 0. The zero-order chi connectivity index (χ0) is 18.2. The van der Waals surface area contributed by atoms with Crippen molar-refractivity contribution in [3.8, 4) is 17.2 Å². The van der Waals surface area contributed by atoms with E-state index >= 15 is 0 Å². The molecule has 0 aromatic heterocycles. The SMILES string of the molecule is CCOC(=O)c1ccc(OCc2cc(C=O)ccc2OC)c(OC)c1. The van der Waals surface area contributed by atoms with Crippen molar-refractivity contribution in [2.75, 3.05) is 20.8 Å². The molecule has 0 amide bonds. The number of methoxy groups -OCH3 is 2. The van der Waals surface area contributed by atoms with Gasteiger partial charge in [0.25, 0.3) is 0 Å². The molecule has 0 fully saturated rings. The highest BCUT2D eigenvalue weighted by molar-refractivity contribution is 5.90. The molecule has 25 heavy (non-hydrogen) atoms. The Balaban J connectivity index is 2.20. The van der Waals surface area contributed by atoms with E-state index in [4.69, 9.17) is 18.9 Å². The molecule has 0 N–H and O–H groups in total. The van der Waals surface area contributed by atoms with Crippen LogP contribution in [-0.4, -0.2) is 33.1 Å². The quantitative estimate of drug-likeness (QED) is 0.541. The molecule has 6 nitrogen and oxygen atoms in total. The zero-order valence-electron chi connectivity index (χ0n) is 14.4. The fourth-order valence-corrected chi connectivity index (χ4v) is 2.27. The Bertz CT molecular complexity index is 754. The van der Waals surface area contributed by atoms with Crippen LogP contribution in [0.3, 0.4) is 0 Å². The summed E-state index contributed by atoms with van der Waals surface area (Å²) in [7, 11) is 3.04. The van der Waals surface area contributed by atoms with Crippen molar-refractivity contribution in [2.24, 2.45) is 0 Å². The van der Waals surface area contributed by atoms with Gasteiger partial charge in [-0.2, -0.15) is 0 Å². The summed E-state index contributed by atoms with van der Waals surface area (Å²) in [5.74, 6) is 1.07. The molecule has 0 spiro atoms. The molecular weight excluding hydrogens is 324 g/mol. The Morgan fingerprint density at radius 2 is 1.72 bits per heavy atom. The van der Waals surface area contributed by atoms with Crippen LogP contribution in [0, 0.1) is 0 Å². The van der Waals surface area contributed by atoms with E-state index in [1.54, 1.807) is 50.4 Å². The first-order valence-electron chi connectivity index (χ1n) is 7.73. The number of esters is 1. The van der Waals surface area contributed by atoms with E-state index in [0.29, 0.717) is 35.0 Å². The third kappa shape index (κ3) is 4.50. The fourth-order valence-electron chi connectivity index (χ4n) is 2.27.